The molecule has 7 heteroatoms. The highest BCUT2D eigenvalue weighted by molar-refractivity contribution is 5.80. The summed E-state index contributed by atoms with van der Waals surface area (Å²) in [6.45, 7) is 2.07. The van der Waals surface area contributed by atoms with Gasteiger partial charge in [0.2, 0.25) is 0 Å². The van der Waals surface area contributed by atoms with E-state index >= 15 is 0 Å². The molecule has 1 amide bonds. The number of halogens is 1. The molecule has 0 spiro atoms. The van der Waals surface area contributed by atoms with E-state index in [1.54, 1.807) is 6.92 Å². The van der Waals surface area contributed by atoms with E-state index in [0.29, 0.717) is 24.5 Å². The van der Waals surface area contributed by atoms with Crippen molar-refractivity contribution in [2.24, 2.45) is 0 Å². The van der Waals surface area contributed by atoms with Gasteiger partial charge in [0.25, 0.3) is 5.91 Å². The van der Waals surface area contributed by atoms with E-state index in [9.17, 15) is 9.18 Å². The van der Waals surface area contributed by atoms with Crippen molar-refractivity contribution in [1.29, 1.82) is 0 Å². The minimum atomic E-state index is -0.657. The standard InChI is InChI=1S/C13H15FN4O2/c1-9(20-11-4-2-10(14)3-5-11)13(19)15-7-6-12-16-8-17-18-12/h2-5,8-9H,6-7H2,1H3,(H,15,19)(H,16,17,18). The Kier molecular flexibility index (Phi) is 4.65. The summed E-state index contributed by atoms with van der Waals surface area (Å²) in [4.78, 5) is 15.7. The van der Waals surface area contributed by atoms with Crippen LogP contribution in [-0.2, 0) is 11.2 Å². The number of carbonyl (C=O) groups excluding carboxylic acids is 1. The summed E-state index contributed by atoms with van der Waals surface area (Å²) in [5.41, 5.74) is 0. The molecule has 2 rings (SSSR count). The molecular formula is C13H15FN4O2. The van der Waals surface area contributed by atoms with E-state index in [1.807, 2.05) is 0 Å². The third kappa shape index (κ3) is 4.04. The number of hydrogen-bond acceptors (Lipinski definition) is 4. The maximum absolute atomic E-state index is 12.7. The molecule has 6 nitrogen and oxygen atoms in total. The first-order valence-corrected chi connectivity index (χ1v) is 6.19. The van der Waals surface area contributed by atoms with Gasteiger partial charge >= 0.3 is 0 Å². The van der Waals surface area contributed by atoms with E-state index in [-0.39, 0.29) is 11.7 Å². The zero-order valence-electron chi connectivity index (χ0n) is 11.0. The number of ether oxygens (including phenoxy) is 1. The largest absolute Gasteiger partial charge is 0.481 e. The minimum absolute atomic E-state index is 0.242. The van der Waals surface area contributed by atoms with Crippen molar-refractivity contribution in [2.75, 3.05) is 6.54 Å². The number of nitrogens with zero attached hydrogens (tertiary/aromatic N) is 2. The van der Waals surface area contributed by atoms with Crippen LogP contribution in [0.15, 0.2) is 30.6 Å². The summed E-state index contributed by atoms with van der Waals surface area (Å²) >= 11 is 0. The highest BCUT2D eigenvalue weighted by Gasteiger charge is 2.14. The van der Waals surface area contributed by atoms with Crippen molar-refractivity contribution in [3.63, 3.8) is 0 Å². The number of hydrogen-bond donors (Lipinski definition) is 2. The van der Waals surface area contributed by atoms with Crippen LogP contribution in [0.5, 0.6) is 5.75 Å². The third-order valence-corrected chi connectivity index (χ3v) is 2.62. The fourth-order valence-electron chi connectivity index (χ4n) is 1.57. The fraction of sp³-hybridized carbons (Fsp3) is 0.308. The van der Waals surface area contributed by atoms with Gasteiger partial charge in [-0.1, -0.05) is 0 Å². The first kappa shape index (κ1) is 14.0. The molecule has 1 unspecified atom stereocenters. The van der Waals surface area contributed by atoms with Crippen LogP contribution in [0.4, 0.5) is 4.39 Å². The Balaban J connectivity index is 1.75. The summed E-state index contributed by atoms with van der Waals surface area (Å²) in [6.07, 6.45) is 1.32. The van der Waals surface area contributed by atoms with Gasteiger partial charge < -0.3 is 10.1 Å². The van der Waals surface area contributed by atoms with E-state index < -0.39 is 6.10 Å². The number of nitrogens with one attached hydrogen (secondary N) is 2. The van der Waals surface area contributed by atoms with Gasteiger partial charge in [0.05, 0.1) is 0 Å². The molecule has 1 heterocycles. The fourth-order valence-corrected chi connectivity index (χ4v) is 1.57. The number of aromatic amines is 1. The first-order chi connectivity index (χ1) is 9.65. The number of carbonyl (C=O) groups is 1. The van der Waals surface area contributed by atoms with E-state index in [4.69, 9.17) is 4.74 Å². The molecule has 2 aromatic rings. The molecule has 0 aliphatic carbocycles. The van der Waals surface area contributed by atoms with Gasteiger partial charge in [-0.15, -0.1) is 0 Å². The van der Waals surface area contributed by atoms with Gasteiger partial charge in [0, 0.05) is 13.0 Å². The van der Waals surface area contributed by atoms with Crippen LogP contribution < -0.4 is 10.1 Å². The van der Waals surface area contributed by atoms with E-state index in [0.717, 1.165) is 0 Å². The van der Waals surface area contributed by atoms with Crippen molar-refractivity contribution >= 4 is 5.91 Å². The lowest BCUT2D eigenvalue weighted by atomic mass is 10.3. The highest BCUT2D eigenvalue weighted by Crippen LogP contribution is 2.12. The van der Waals surface area contributed by atoms with Crippen molar-refractivity contribution in [3.8, 4) is 5.75 Å². The topological polar surface area (TPSA) is 79.9 Å². The molecule has 0 aliphatic rings. The van der Waals surface area contributed by atoms with Crippen LogP contribution in [0.3, 0.4) is 0 Å². The molecule has 0 radical (unpaired) electrons. The number of H-pyrrole nitrogens is 1. The summed E-state index contributed by atoms with van der Waals surface area (Å²) < 4.78 is 18.1. The van der Waals surface area contributed by atoms with Crippen LogP contribution in [0.1, 0.15) is 12.7 Å². The van der Waals surface area contributed by atoms with Gasteiger partial charge in [-0.2, -0.15) is 5.10 Å². The zero-order valence-corrected chi connectivity index (χ0v) is 11.0. The molecular weight excluding hydrogens is 263 g/mol. The van der Waals surface area contributed by atoms with Crippen molar-refractivity contribution < 1.29 is 13.9 Å². The molecule has 0 fully saturated rings. The van der Waals surface area contributed by atoms with Crippen molar-refractivity contribution in [2.45, 2.75) is 19.4 Å². The van der Waals surface area contributed by atoms with Gasteiger partial charge in [-0.25, -0.2) is 9.37 Å². The van der Waals surface area contributed by atoms with Crippen LogP contribution in [0.2, 0.25) is 0 Å². The summed E-state index contributed by atoms with van der Waals surface area (Å²) in [6, 6.07) is 5.52. The summed E-state index contributed by atoms with van der Waals surface area (Å²) in [5, 5.41) is 9.15. The lowest BCUT2D eigenvalue weighted by molar-refractivity contribution is -0.127. The molecule has 0 bridgehead atoms. The second-order valence-corrected chi connectivity index (χ2v) is 4.19. The first-order valence-electron chi connectivity index (χ1n) is 6.19. The third-order valence-electron chi connectivity index (χ3n) is 2.62. The number of aromatic nitrogens is 3. The van der Waals surface area contributed by atoms with Crippen molar-refractivity contribution in [3.05, 3.63) is 42.2 Å². The maximum Gasteiger partial charge on any atom is 0.260 e. The Labute approximate surface area is 115 Å². The van der Waals surface area contributed by atoms with Crippen LogP contribution in [0.25, 0.3) is 0 Å². The quantitative estimate of drug-likeness (QED) is 0.828. The smallest absolute Gasteiger partial charge is 0.260 e. The molecule has 1 aromatic heterocycles. The Morgan fingerprint density at radius 1 is 1.45 bits per heavy atom. The second kappa shape index (κ2) is 6.65. The maximum atomic E-state index is 12.7. The lowest BCUT2D eigenvalue weighted by Gasteiger charge is -2.14. The molecule has 1 atom stereocenters. The number of benzene rings is 1. The average molecular weight is 278 g/mol. The average Bonchev–Trinajstić information content (AvgIpc) is 2.94. The molecule has 20 heavy (non-hydrogen) atoms. The van der Waals surface area contributed by atoms with Crippen molar-refractivity contribution in [1.82, 2.24) is 20.5 Å². The number of amides is 1. The monoisotopic (exact) mass is 278 g/mol. The Bertz CT molecular complexity index is 542. The predicted molar refractivity (Wildman–Crippen MR) is 69.6 cm³/mol. The summed E-state index contributed by atoms with van der Waals surface area (Å²) in [5.74, 6) is 0.567. The van der Waals surface area contributed by atoms with Crippen LogP contribution in [-0.4, -0.2) is 33.7 Å². The van der Waals surface area contributed by atoms with E-state index in [2.05, 4.69) is 20.5 Å². The highest BCUT2D eigenvalue weighted by atomic mass is 19.1. The molecule has 2 N–H and O–H groups in total. The van der Waals surface area contributed by atoms with Gasteiger partial charge in [0.15, 0.2) is 6.10 Å². The summed E-state index contributed by atoms with van der Waals surface area (Å²) in [7, 11) is 0. The number of rotatable bonds is 6. The predicted octanol–water partition coefficient (Wildman–Crippen LogP) is 1.07. The Morgan fingerprint density at radius 2 is 2.20 bits per heavy atom. The molecule has 0 saturated heterocycles. The van der Waals surface area contributed by atoms with Crippen LogP contribution in [0, 0.1) is 5.82 Å². The molecule has 0 aliphatic heterocycles. The van der Waals surface area contributed by atoms with Crippen LogP contribution >= 0.6 is 0 Å². The van der Waals surface area contributed by atoms with Gasteiger partial charge in [-0.05, 0) is 31.2 Å². The van der Waals surface area contributed by atoms with E-state index in [1.165, 1.54) is 30.6 Å². The zero-order chi connectivity index (χ0) is 14.4. The lowest BCUT2D eigenvalue weighted by Crippen LogP contribution is -2.37. The Morgan fingerprint density at radius 3 is 2.85 bits per heavy atom. The van der Waals surface area contributed by atoms with Gasteiger partial charge in [-0.3, -0.25) is 9.89 Å². The minimum Gasteiger partial charge on any atom is -0.481 e. The molecule has 1 aromatic carbocycles. The molecule has 106 valence electrons. The molecule has 0 saturated carbocycles. The normalized spacial score (nSPS) is 11.9. The van der Waals surface area contributed by atoms with Gasteiger partial charge in [0.1, 0.15) is 23.7 Å². The Hall–Kier alpha value is -2.44. The second-order valence-electron chi connectivity index (χ2n) is 4.19. The SMILES string of the molecule is CC(Oc1ccc(F)cc1)C(=O)NCCc1ncn[nH]1.